The highest BCUT2D eigenvalue weighted by Crippen LogP contribution is 2.46. The third-order valence-electron chi connectivity index (χ3n) is 20.1. The number of nitrogens with zero attached hydrogens (tertiary/aromatic N) is 6. The number of aliphatic hydroxyl groups excluding tert-OH is 4. The highest BCUT2D eigenvalue weighted by molar-refractivity contribution is 7.84. The van der Waals surface area contributed by atoms with Crippen LogP contribution in [0.15, 0.2) is 133 Å². The molecule has 31 nitrogen and oxygen atoms in total. The van der Waals surface area contributed by atoms with Crippen molar-refractivity contribution in [1.82, 2.24) is 35.2 Å². The Morgan fingerprint density at radius 2 is 1.09 bits per heavy atom. The molecule has 3 aromatic carbocycles. The molecular formula is C72H75ClF3N13O18S6. The number of rotatable bonds is 24. The standard InChI is InChI=1S/C24H24ClFN4O6S2.C24H24F2N4O6S2.C24H27N5O6S2/c25-23-17(22-16-6-14(26)2-1-12(16)3-4-35-22)8-20(37-23)21(32)18-9-28-11-29-24(18)30-15-5-13(19(31)7-15)10-36-38(27,33)34;25-24(26)11-35-22(16-3-1-2-4-18(16)24)14-6-20(37-10-14)21(32)17-8-28-12-29-23(17)30-15-5-13(19(31)7-15)9-36-38(27,33)34;25-37(33,34)35-10-14-7-18(23(32)21(14)30)29-24-17(9-26-12-28-24)22(31)19-8-15(11-36-19)20-16-4-2-1-3-13(16)5-6-27-20/h1-2,6,8-9,11,13,15,19,22,31H,3-5,7,10H2,(H2,27,33,34)(H,28,29,30);1-4,6,8,10,12-13,15,19,22,31H,5,7,9,11H2,(H2,27,33,34)(H,28,29,30);1-4,8-9,11-12,14,18,20-21,23,27,30,32H,5-7,10H2,(H2,25,33,34)(H,26,28,29)/t2*13-,15-,19+,22?;14-,18-,20?,21-,23+/m111/s1. The summed E-state index contributed by atoms with van der Waals surface area (Å²) in [5, 5.41) is 72.6. The summed E-state index contributed by atoms with van der Waals surface area (Å²) in [5.41, 5.74) is 7.17. The van der Waals surface area contributed by atoms with Gasteiger partial charge in [-0.25, -0.2) is 49.7 Å². The van der Waals surface area contributed by atoms with E-state index in [-0.39, 0.29) is 114 Å². The Labute approximate surface area is 662 Å². The first-order valence-corrected chi connectivity index (χ1v) is 42.5. The Morgan fingerprint density at radius 3 is 1.67 bits per heavy atom. The number of aromatic nitrogens is 6. The number of benzene rings is 3. The van der Waals surface area contributed by atoms with Gasteiger partial charge in [0.2, 0.25) is 17.3 Å². The molecule has 600 valence electrons. The molecule has 0 radical (unpaired) electrons. The van der Waals surface area contributed by atoms with E-state index in [4.69, 9.17) is 36.5 Å². The molecule has 41 heteroatoms. The average molecular weight is 1700 g/mol. The normalized spacial score (nSPS) is 24.5. The van der Waals surface area contributed by atoms with Crippen LogP contribution in [0.5, 0.6) is 0 Å². The van der Waals surface area contributed by atoms with Crippen LogP contribution >= 0.6 is 45.6 Å². The van der Waals surface area contributed by atoms with Crippen molar-refractivity contribution in [1.29, 1.82) is 0 Å². The van der Waals surface area contributed by atoms with Gasteiger partial charge in [-0.1, -0.05) is 66.2 Å². The molecule has 6 aliphatic rings. The second kappa shape index (κ2) is 35.1. The van der Waals surface area contributed by atoms with Gasteiger partial charge in [-0.3, -0.25) is 26.9 Å². The van der Waals surface area contributed by atoms with Gasteiger partial charge in [-0.05, 0) is 125 Å². The van der Waals surface area contributed by atoms with E-state index in [1.165, 1.54) is 78.2 Å². The minimum atomic E-state index is -4.18. The first kappa shape index (κ1) is 82.8. The van der Waals surface area contributed by atoms with Crippen molar-refractivity contribution < 1.29 is 95.3 Å². The Hall–Kier alpha value is -8.18. The van der Waals surface area contributed by atoms with Crippen molar-refractivity contribution in [2.24, 2.45) is 33.2 Å². The molecule has 6 aromatic heterocycles. The highest BCUT2D eigenvalue weighted by Gasteiger charge is 2.45. The number of anilines is 3. The lowest BCUT2D eigenvalue weighted by Gasteiger charge is -2.31. The van der Waals surface area contributed by atoms with Crippen molar-refractivity contribution in [3.05, 3.63) is 225 Å². The van der Waals surface area contributed by atoms with E-state index >= 15 is 0 Å². The van der Waals surface area contributed by atoms with Crippen LogP contribution in [0.3, 0.4) is 0 Å². The molecule has 13 atom stereocenters. The number of ether oxygens (including phenoxy) is 2. The number of thiophene rings is 3. The molecule has 9 heterocycles. The van der Waals surface area contributed by atoms with Gasteiger partial charge >= 0.3 is 30.9 Å². The minimum absolute atomic E-state index is 0.000945. The van der Waals surface area contributed by atoms with Crippen molar-refractivity contribution in [3.63, 3.8) is 0 Å². The Kier molecular flexibility index (Phi) is 25.7. The maximum absolute atomic E-state index is 14.3. The summed E-state index contributed by atoms with van der Waals surface area (Å²) in [5.74, 6) is -5.38. The second-order valence-electron chi connectivity index (χ2n) is 27.7. The van der Waals surface area contributed by atoms with Gasteiger partial charge in [0.05, 0.1) is 92.5 Å². The number of nitrogens with two attached hydrogens (primary N) is 3. The zero-order chi connectivity index (χ0) is 80.3. The van der Waals surface area contributed by atoms with E-state index < -0.39 is 104 Å². The zero-order valence-corrected chi connectivity index (χ0v) is 64.9. The number of hydrogen-bond acceptors (Lipinski definition) is 31. The number of halogens is 4. The molecule has 3 fully saturated rings. The number of nitrogens with one attached hydrogen (secondary N) is 4. The van der Waals surface area contributed by atoms with E-state index in [0.29, 0.717) is 73.5 Å². The third kappa shape index (κ3) is 20.0. The van der Waals surface area contributed by atoms with Gasteiger partial charge in [0.1, 0.15) is 67.2 Å². The van der Waals surface area contributed by atoms with Gasteiger partial charge in [-0.2, -0.15) is 34.0 Å². The van der Waals surface area contributed by atoms with Crippen LogP contribution in [0.1, 0.15) is 146 Å². The van der Waals surface area contributed by atoms with Gasteiger partial charge in [-0.15, -0.1) is 34.0 Å². The number of ketones is 3. The summed E-state index contributed by atoms with van der Waals surface area (Å²) in [6.07, 6.45) is 5.64. The predicted molar refractivity (Wildman–Crippen MR) is 407 cm³/mol. The molecular weight excluding hydrogens is 1620 g/mol. The van der Waals surface area contributed by atoms with Crippen LogP contribution < -0.4 is 36.7 Å². The number of hydrogen-bond donors (Lipinski definition) is 11. The maximum atomic E-state index is 14.3. The summed E-state index contributed by atoms with van der Waals surface area (Å²) in [6, 6.07) is 22.9. The Balaban J connectivity index is 0.000000148. The van der Waals surface area contributed by atoms with Crippen LogP contribution in [0.25, 0.3) is 0 Å². The summed E-state index contributed by atoms with van der Waals surface area (Å²) in [7, 11) is -12.4. The zero-order valence-electron chi connectivity index (χ0n) is 59.3. The van der Waals surface area contributed by atoms with Gasteiger partial charge < -0.3 is 51.2 Å². The summed E-state index contributed by atoms with van der Waals surface area (Å²) < 4.78 is 135. The van der Waals surface area contributed by atoms with Crippen LogP contribution in [-0.2, 0) is 71.7 Å². The van der Waals surface area contributed by atoms with Gasteiger partial charge in [0.15, 0.2) is 0 Å². The molecule has 113 heavy (non-hydrogen) atoms. The molecule has 3 aliphatic carbocycles. The lowest BCUT2D eigenvalue weighted by atomic mass is 9.91. The topological polar surface area (TPSA) is 484 Å². The molecule has 9 aromatic rings. The van der Waals surface area contributed by atoms with Gasteiger partial charge in [0, 0.05) is 66.1 Å². The summed E-state index contributed by atoms with van der Waals surface area (Å²) in [4.78, 5) is 66.2. The van der Waals surface area contributed by atoms with E-state index in [0.717, 1.165) is 46.8 Å². The van der Waals surface area contributed by atoms with E-state index in [1.54, 1.807) is 41.8 Å². The summed E-state index contributed by atoms with van der Waals surface area (Å²) >= 11 is 10.1. The quantitative estimate of drug-likeness (QED) is 0.0288. The van der Waals surface area contributed by atoms with Gasteiger partial charge in [0.25, 0.3) is 5.92 Å². The average Bonchev–Trinajstić information content (AvgIpc) is 1.76. The lowest BCUT2D eigenvalue weighted by Crippen LogP contribution is -2.36. The smallest absolute Gasteiger partial charge is 0.333 e. The molecule has 0 bridgehead atoms. The molecule has 14 N–H and O–H groups in total. The van der Waals surface area contributed by atoms with Crippen LogP contribution in [0, 0.1) is 23.6 Å². The van der Waals surface area contributed by atoms with Crippen LogP contribution in [0.4, 0.5) is 30.6 Å². The fraction of sp³-hybridized carbons (Fsp3) is 0.375. The molecule has 0 amide bonds. The largest absolute Gasteiger partial charge is 0.393 e. The molecule has 3 aliphatic heterocycles. The fourth-order valence-electron chi connectivity index (χ4n) is 14.6. The first-order chi connectivity index (χ1) is 53.8. The minimum Gasteiger partial charge on any atom is -0.393 e. The maximum Gasteiger partial charge on any atom is 0.333 e. The van der Waals surface area contributed by atoms with Crippen molar-refractivity contribution >= 4 is 111 Å². The van der Waals surface area contributed by atoms with Crippen molar-refractivity contribution in [2.75, 3.05) is 55.5 Å². The fourth-order valence-corrected chi connectivity index (χ4v) is 18.8. The van der Waals surface area contributed by atoms with E-state index in [1.807, 2.05) is 23.6 Å². The second-order valence-corrected chi connectivity index (χ2v) is 34.8. The lowest BCUT2D eigenvalue weighted by molar-refractivity contribution is -0.115. The number of carbonyl (C=O) groups is 3. The van der Waals surface area contributed by atoms with E-state index in [2.05, 4.69) is 75.9 Å². The summed E-state index contributed by atoms with van der Waals surface area (Å²) in [6.45, 7) is -0.355. The number of carbonyl (C=O) groups excluding carboxylic acids is 3. The predicted octanol–water partition coefficient (Wildman–Crippen LogP) is 6.49. The number of fused-ring (bicyclic) bond motifs is 3. The SMILES string of the molecule is NS(=O)(=O)OC[C@H]1C[C@@H](Nc2ncncc2C(=O)c2cc(C3NCCc4ccccc43)cs2)[C@H](O)[C@@H]1O.NS(=O)(=O)OC[C@H]1C[C@@H](Nc2ncncc2C(=O)c2cc(C3OCC(F)(F)c4ccccc43)cs2)C[C@@H]1O.NS(=O)(=O)OC[C@H]1C[C@@H](Nc2ncncc2C(=O)c2cc(C3OCCc4ccc(F)cc43)c(Cl)s2)C[C@@H]1O. The Bertz CT molecular complexity index is 5350. The van der Waals surface area contributed by atoms with E-state index in [9.17, 15) is 73.2 Å². The molecule has 3 saturated carbocycles. The highest BCUT2D eigenvalue weighted by atomic mass is 35.5. The third-order valence-corrected chi connectivity index (χ3v) is 24.8. The molecule has 3 unspecified atom stereocenters. The molecule has 15 rings (SSSR count). The van der Waals surface area contributed by atoms with Crippen LogP contribution in [0.2, 0.25) is 4.34 Å². The monoisotopic (exact) mass is 1690 g/mol. The first-order valence-electron chi connectivity index (χ1n) is 35.1. The van der Waals surface area contributed by atoms with Crippen molar-refractivity contribution in [2.45, 2.75) is 112 Å². The van der Waals surface area contributed by atoms with Crippen LogP contribution in [-0.4, -0.2) is 175 Å². The van der Waals surface area contributed by atoms with Crippen molar-refractivity contribution in [3.8, 4) is 0 Å². The Morgan fingerprint density at radius 1 is 0.575 bits per heavy atom. The number of aliphatic hydroxyl groups is 4. The number of alkyl halides is 2. The molecule has 0 spiro atoms. The molecule has 0 saturated heterocycles.